The fourth-order valence-corrected chi connectivity index (χ4v) is 3.65. The molecule has 0 radical (unpaired) electrons. The van der Waals surface area contributed by atoms with Crippen molar-refractivity contribution in [3.8, 4) is 11.4 Å². The van der Waals surface area contributed by atoms with Gasteiger partial charge in [-0.3, -0.25) is 4.79 Å². The molecule has 0 aliphatic carbocycles. The van der Waals surface area contributed by atoms with Crippen molar-refractivity contribution >= 4 is 23.2 Å². The third-order valence-electron chi connectivity index (χ3n) is 4.80. The Morgan fingerprint density at radius 3 is 2.67 bits per heavy atom. The highest BCUT2D eigenvalue weighted by molar-refractivity contribution is 6.31. The first kappa shape index (κ1) is 17.7. The highest BCUT2D eigenvalue weighted by Crippen LogP contribution is 2.35. The summed E-state index contributed by atoms with van der Waals surface area (Å²) in [6, 6.07) is 10.2. The summed E-state index contributed by atoms with van der Waals surface area (Å²) >= 11 is 5.82. The molecule has 1 aliphatic rings. The van der Waals surface area contributed by atoms with Crippen molar-refractivity contribution in [1.82, 2.24) is 10.1 Å². The van der Waals surface area contributed by atoms with Crippen LogP contribution in [0.15, 0.2) is 40.9 Å². The molecule has 1 unspecified atom stereocenters. The zero-order chi connectivity index (χ0) is 19.1. The minimum Gasteiger partial charge on any atom is -0.339 e. The predicted octanol–water partition coefficient (Wildman–Crippen LogP) is 4.67. The summed E-state index contributed by atoms with van der Waals surface area (Å²) in [6.07, 6.45) is 0.305. The average molecular weight is 386 g/mol. The standard InChI is InChI=1S/C20H17ClFN3O2/c1-11-4-3-5-12(2)18(11)25-10-14(9-17(25)26)20-23-19(24-27-20)13-6-7-16(22)15(21)8-13/h3-8,14H,9-10H2,1-2H3. The Bertz CT molecular complexity index is 1010. The van der Waals surface area contributed by atoms with Crippen LogP contribution >= 0.6 is 11.6 Å². The van der Waals surface area contributed by atoms with Crippen LogP contribution in [0.5, 0.6) is 0 Å². The first-order chi connectivity index (χ1) is 12.9. The fourth-order valence-electron chi connectivity index (χ4n) is 3.47. The van der Waals surface area contributed by atoms with Gasteiger partial charge in [0.05, 0.1) is 10.9 Å². The maximum Gasteiger partial charge on any atom is 0.232 e. The molecule has 138 valence electrons. The lowest BCUT2D eigenvalue weighted by molar-refractivity contribution is -0.117. The van der Waals surface area contributed by atoms with Crippen molar-refractivity contribution in [2.45, 2.75) is 26.2 Å². The molecule has 1 amide bonds. The number of rotatable bonds is 3. The molecule has 7 heteroatoms. The molecule has 2 heterocycles. The summed E-state index contributed by atoms with van der Waals surface area (Å²) < 4.78 is 18.7. The van der Waals surface area contributed by atoms with E-state index in [9.17, 15) is 9.18 Å². The number of nitrogens with zero attached hydrogens (tertiary/aromatic N) is 3. The minimum absolute atomic E-state index is 0.00361. The van der Waals surface area contributed by atoms with Gasteiger partial charge in [0.1, 0.15) is 5.82 Å². The first-order valence-corrected chi connectivity index (χ1v) is 8.97. The van der Waals surface area contributed by atoms with Crippen molar-refractivity contribution in [3.63, 3.8) is 0 Å². The van der Waals surface area contributed by atoms with Crippen LogP contribution in [0.3, 0.4) is 0 Å². The maximum absolute atomic E-state index is 13.3. The second-order valence-corrected chi connectivity index (χ2v) is 7.14. The van der Waals surface area contributed by atoms with Gasteiger partial charge in [0, 0.05) is 24.2 Å². The highest BCUT2D eigenvalue weighted by Gasteiger charge is 2.36. The van der Waals surface area contributed by atoms with Crippen molar-refractivity contribution in [1.29, 1.82) is 0 Å². The topological polar surface area (TPSA) is 59.2 Å². The van der Waals surface area contributed by atoms with Crippen LogP contribution in [0.4, 0.5) is 10.1 Å². The van der Waals surface area contributed by atoms with E-state index in [4.69, 9.17) is 16.1 Å². The van der Waals surface area contributed by atoms with Gasteiger partial charge >= 0.3 is 0 Å². The van der Waals surface area contributed by atoms with E-state index in [2.05, 4.69) is 10.1 Å². The van der Waals surface area contributed by atoms with Crippen LogP contribution in [0.1, 0.15) is 29.4 Å². The van der Waals surface area contributed by atoms with E-state index in [1.165, 1.54) is 12.1 Å². The zero-order valence-corrected chi connectivity index (χ0v) is 15.6. The third kappa shape index (κ3) is 3.21. The lowest BCUT2D eigenvalue weighted by Gasteiger charge is -2.21. The minimum atomic E-state index is -0.505. The number of hydrogen-bond acceptors (Lipinski definition) is 4. The molecule has 2 aromatic carbocycles. The number of benzene rings is 2. The van der Waals surface area contributed by atoms with Gasteiger partial charge in [-0.15, -0.1) is 0 Å². The first-order valence-electron chi connectivity index (χ1n) is 8.59. The molecule has 1 atom stereocenters. The third-order valence-corrected chi connectivity index (χ3v) is 5.09. The number of hydrogen-bond donors (Lipinski definition) is 0. The maximum atomic E-state index is 13.3. The van der Waals surface area contributed by atoms with E-state index >= 15 is 0 Å². The molecule has 27 heavy (non-hydrogen) atoms. The number of carbonyl (C=O) groups excluding carboxylic acids is 1. The van der Waals surface area contributed by atoms with Crippen LogP contribution in [-0.2, 0) is 4.79 Å². The van der Waals surface area contributed by atoms with Gasteiger partial charge in [0.15, 0.2) is 0 Å². The Hall–Kier alpha value is -2.73. The van der Waals surface area contributed by atoms with E-state index in [-0.39, 0.29) is 16.8 Å². The summed E-state index contributed by atoms with van der Waals surface area (Å²) in [5, 5.41) is 3.96. The Labute approximate surface area is 160 Å². The Morgan fingerprint density at radius 2 is 1.96 bits per heavy atom. The van der Waals surface area contributed by atoms with Gasteiger partial charge < -0.3 is 9.42 Å². The number of aryl methyl sites for hydroxylation is 2. The van der Waals surface area contributed by atoms with Crippen LogP contribution in [0.2, 0.25) is 5.02 Å². The normalized spacial score (nSPS) is 17.0. The summed E-state index contributed by atoms with van der Waals surface area (Å²) in [6.45, 7) is 4.47. The van der Waals surface area contributed by atoms with E-state index in [1.54, 1.807) is 11.0 Å². The molecule has 1 aromatic heterocycles. The number of carbonyl (C=O) groups is 1. The fraction of sp³-hybridized carbons (Fsp3) is 0.250. The lowest BCUT2D eigenvalue weighted by atomic mass is 10.1. The van der Waals surface area contributed by atoms with Gasteiger partial charge in [-0.1, -0.05) is 35.0 Å². The molecule has 1 aliphatic heterocycles. The Morgan fingerprint density at radius 1 is 1.22 bits per heavy atom. The van der Waals surface area contributed by atoms with Crippen molar-refractivity contribution in [3.05, 3.63) is 64.3 Å². The van der Waals surface area contributed by atoms with Crippen molar-refractivity contribution in [2.75, 3.05) is 11.4 Å². The van der Waals surface area contributed by atoms with Gasteiger partial charge in [0.25, 0.3) is 0 Å². The monoisotopic (exact) mass is 385 g/mol. The number of anilines is 1. The number of amides is 1. The number of halogens is 2. The average Bonchev–Trinajstić information content (AvgIpc) is 3.25. The molecule has 0 bridgehead atoms. The van der Waals surface area contributed by atoms with Crippen LogP contribution < -0.4 is 4.90 Å². The lowest BCUT2D eigenvalue weighted by Crippen LogP contribution is -2.26. The molecule has 1 fully saturated rings. The summed E-state index contributed by atoms with van der Waals surface area (Å²) in [7, 11) is 0. The van der Waals surface area contributed by atoms with Crippen LogP contribution in [-0.4, -0.2) is 22.6 Å². The zero-order valence-electron chi connectivity index (χ0n) is 14.9. The molecular weight excluding hydrogens is 369 g/mol. The molecule has 0 N–H and O–H groups in total. The van der Waals surface area contributed by atoms with Gasteiger partial charge in [-0.25, -0.2) is 4.39 Å². The van der Waals surface area contributed by atoms with Crippen molar-refractivity contribution < 1.29 is 13.7 Å². The highest BCUT2D eigenvalue weighted by atomic mass is 35.5. The molecular formula is C20H17ClFN3O2. The Kier molecular flexibility index (Phi) is 4.44. The van der Waals surface area contributed by atoms with Crippen molar-refractivity contribution in [2.24, 2.45) is 0 Å². The van der Waals surface area contributed by atoms with Gasteiger partial charge in [-0.05, 0) is 43.2 Å². The summed E-state index contributed by atoms with van der Waals surface area (Å²) in [5.41, 5.74) is 3.61. The summed E-state index contributed by atoms with van der Waals surface area (Å²) in [5.74, 6) is 0.0582. The van der Waals surface area contributed by atoms with Gasteiger partial charge in [-0.2, -0.15) is 4.98 Å². The van der Waals surface area contributed by atoms with Crippen LogP contribution in [0, 0.1) is 19.7 Å². The molecule has 0 spiro atoms. The Balaban J connectivity index is 1.60. The largest absolute Gasteiger partial charge is 0.339 e. The number of para-hydroxylation sites is 1. The summed E-state index contributed by atoms with van der Waals surface area (Å²) in [4.78, 5) is 18.8. The molecule has 1 saturated heterocycles. The molecule has 3 aromatic rings. The van der Waals surface area contributed by atoms with E-state index < -0.39 is 5.82 Å². The SMILES string of the molecule is Cc1cccc(C)c1N1CC(c2nc(-c3ccc(F)c(Cl)c3)no2)CC1=O. The molecule has 4 rings (SSSR count). The van der Waals surface area contributed by atoms with E-state index in [0.717, 1.165) is 16.8 Å². The predicted molar refractivity (Wildman–Crippen MR) is 100 cm³/mol. The van der Waals surface area contributed by atoms with E-state index in [0.29, 0.717) is 30.2 Å². The second kappa shape index (κ2) is 6.78. The second-order valence-electron chi connectivity index (χ2n) is 6.73. The smallest absolute Gasteiger partial charge is 0.232 e. The number of aromatic nitrogens is 2. The quantitative estimate of drug-likeness (QED) is 0.657. The molecule has 5 nitrogen and oxygen atoms in total. The van der Waals surface area contributed by atoms with Crippen LogP contribution in [0.25, 0.3) is 11.4 Å². The van der Waals surface area contributed by atoms with Gasteiger partial charge in [0.2, 0.25) is 17.6 Å². The molecule has 0 saturated carbocycles. The van der Waals surface area contributed by atoms with E-state index in [1.807, 2.05) is 32.0 Å².